The topological polar surface area (TPSA) is 67.8 Å². The number of hydrogen-bond donors (Lipinski definition) is 2. The van der Waals surface area contributed by atoms with Crippen molar-refractivity contribution < 1.29 is 19.4 Å². The Labute approximate surface area is 144 Å². The summed E-state index contributed by atoms with van der Waals surface area (Å²) in [5.41, 5.74) is 1.45. The van der Waals surface area contributed by atoms with E-state index in [2.05, 4.69) is 5.32 Å². The third kappa shape index (κ3) is 2.72. The third-order valence-corrected chi connectivity index (χ3v) is 5.49. The van der Waals surface area contributed by atoms with Crippen molar-refractivity contribution in [1.82, 2.24) is 5.32 Å². The van der Waals surface area contributed by atoms with E-state index >= 15 is 0 Å². The average molecular weight is 343 g/mol. The van der Waals surface area contributed by atoms with Crippen molar-refractivity contribution in [2.45, 2.75) is 11.4 Å². The number of aliphatic hydroxyl groups is 1. The normalized spacial score (nSPS) is 21.2. The summed E-state index contributed by atoms with van der Waals surface area (Å²) in [5, 5.41) is 13.8. The maximum Gasteiger partial charge on any atom is 0.251 e. The standard InChI is InChI=1S/C18H17NO4S/c20-17(12-5-6-15-16(7-12)23-11-22-15)19-9-18(21)10-24-8-13-3-1-2-4-14(13)18/h1-7,21H,8-11H2,(H,19,20). The van der Waals surface area contributed by atoms with Crippen molar-refractivity contribution in [1.29, 1.82) is 0 Å². The van der Waals surface area contributed by atoms with Crippen LogP contribution in [0.15, 0.2) is 42.5 Å². The molecule has 1 unspecified atom stereocenters. The molecule has 2 aliphatic heterocycles. The first-order valence-corrected chi connectivity index (χ1v) is 8.87. The second-order valence-corrected chi connectivity index (χ2v) is 6.92. The molecule has 124 valence electrons. The minimum Gasteiger partial charge on any atom is -0.454 e. The molecule has 2 aliphatic rings. The molecule has 0 bridgehead atoms. The van der Waals surface area contributed by atoms with E-state index in [1.165, 1.54) is 0 Å². The number of carbonyl (C=O) groups is 1. The number of thioether (sulfide) groups is 1. The molecule has 0 radical (unpaired) electrons. The summed E-state index contributed by atoms with van der Waals surface area (Å²) in [5.74, 6) is 2.41. The van der Waals surface area contributed by atoms with Gasteiger partial charge in [0.1, 0.15) is 5.60 Å². The quantitative estimate of drug-likeness (QED) is 0.895. The number of hydrogen-bond acceptors (Lipinski definition) is 5. The highest BCUT2D eigenvalue weighted by Gasteiger charge is 2.35. The summed E-state index contributed by atoms with van der Waals surface area (Å²) in [6.45, 7) is 0.346. The first kappa shape index (κ1) is 15.4. The second-order valence-electron chi connectivity index (χ2n) is 5.93. The Bertz CT molecular complexity index is 794. The number of ether oxygens (including phenoxy) is 2. The minimum atomic E-state index is -1.05. The Morgan fingerprint density at radius 2 is 2.04 bits per heavy atom. The highest BCUT2D eigenvalue weighted by molar-refractivity contribution is 7.98. The van der Waals surface area contributed by atoms with Gasteiger partial charge in [-0.2, -0.15) is 11.8 Å². The molecule has 0 fully saturated rings. The van der Waals surface area contributed by atoms with E-state index in [1.807, 2.05) is 24.3 Å². The van der Waals surface area contributed by atoms with Gasteiger partial charge in [-0.1, -0.05) is 24.3 Å². The number of fused-ring (bicyclic) bond motifs is 2. The van der Waals surface area contributed by atoms with Gasteiger partial charge >= 0.3 is 0 Å². The van der Waals surface area contributed by atoms with Gasteiger partial charge in [0.15, 0.2) is 11.5 Å². The fourth-order valence-corrected chi connectivity index (χ4v) is 4.19. The molecule has 0 aliphatic carbocycles. The summed E-state index contributed by atoms with van der Waals surface area (Å²) < 4.78 is 10.5. The van der Waals surface area contributed by atoms with Gasteiger partial charge in [-0.25, -0.2) is 0 Å². The van der Waals surface area contributed by atoms with E-state index in [1.54, 1.807) is 30.0 Å². The lowest BCUT2D eigenvalue weighted by atomic mass is 9.91. The molecule has 1 atom stereocenters. The molecule has 0 saturated heterocycles. The van der Waals surface area contributed by atoms with Gasteiger partial charge in [0.25, 0.3) is 5.91 Å². The molecule has 6 heteroatoms. The predicted octanol–water partition coefficient (Wildman–Crippen LogP) is 2.28. The van der Waals surface area contributed by atoms with E-state index in [-0.39, 0.29) is 19.2 Å². The van der Waals surface area contributed by atoms with Crippen LogP contribution in [0.25, 0.3) is 0 Å². The molecule has 0 aromatic heterocycles. The van der Waals surface area contributed by atoms with E-state index in [9.17, 15) is 9.90 Å². The van der Waals surface area contributed by atoms with E-state index in [0.29, 0.717) is 22.8 Å². The molecule has 2 N–H and O–H groups in total. The van der Waals surface area contributed by atoms with Crippen LogP contribution in [0.4, 0.5) is 0 Å². The van der Waals surface area contributed by atoms with Gasteiger partial charge < -0.3 is 19.9 Å². The minimum absolute atomic E-state index is 0.171. The van der Waals surface area contributed by atoms with Gasteiger partial charge in [0.2, 0.25) is 6.79 Å². The van der Waals surface area contributed by atoms with E-state index in [4.69, 9.17) is 9.47 Å². The largest absolute Gasteiger partial charge is 0.454 e. The van der Waals surface area contributed by atoms with Crippen molar-refractivity contribution in [3.8, 4) is 11.5 Å². The SMILES string of the molecule is O=C(NCC1(O)CSCc2ccccc21)c1ccc2c(c1)OCO2. The molecule has 24 heavy (non-hydrogen) atoms. The average Bonchev–Trinajstić information content (AvgIpc) is 3.08. The molecule has 0 saturated carbocycles. The van der Waals surface area contributed by atoms with Crippen LogP contribution in [0.3, 0.4) is 0 Å². The lowest BCUT2D eigenvalue weighted by molar-refractivity contribution is 0.0552. The highest BCUT2D eigenvalue weighted by atomic mass is 32.2. The van der Waals surface area contributed by atoms with Crippen molar-refractivity contribution >= 4 is 17.7 Å². The molecule has 0 spiro atoms. The molecule has 2 heterocycles. The van der Waals surface area contributed by atoms with Crippen LogP contribution in [0.2, 0.25) is 0 Å². The number of rotatable bonds is 3. The molecule has 4 rings (SSSR count). The molecular weight excluding hydrogens is 326 g/mol. The van der Waals surface area contributed by atoms with E-state index in [0.717, 1.165) is 16.9 Å². The molecule has 1 amide bonds. The Kier molecular flexibility index (Phi) is 3.86. The summed E-state index contributed by atoms with van der Waals surface area (Å²) >= 11 is 1.67. The van der Waals surface area contributed by atoms with Crippen molar-refractivity contribution in [2.75, 3.05) is 19.1 Å². The molecule has 5 nitrogen and oxygen atoms in total. The van der Waals surface area contributed by atoms with Gasteiger partial charge in [0, 0.05) is 17.1 Å². The summed E-state index contributed by atoms with van der Waals surface area (Å²) in [6.07, 6.45) is 0. The fourth-order valence-electron chi connectivity index (χ4n) is 3.02. The summed E-state index contributed by atoms with van der Waals surface area (Å²) in [4.78, 5) is 12.4. The zero-order valence-corrected chi connectivity index (χ0v) is 13.8. The lowest BCUT2D eigenvalue weighted by Crippen LogP contribution is -2.44. The van der Waals surface area contributed by atoms with Crippen molar-refractivity contribution in [3.05, 3.63) is 59.2 Å². The number of carbonyl (C=O) groups excluding carboxylic acids is 1. The fraction of sp³-hybridized carbons (Fsp3) is 0.278. The van der Waals surface area contributed by atoms with Crippen LogP contribution in [-0.4, -0.2) is 30.1 Å². The third-order valence-electron chi connectivity index (χ3n) is 4.29. The van der Waals surface area contributed by atoms with Crippen LogP contribution >= 0.6 is 11.8 Å². The highest BCUT2D eigenvalue weighted by Crippen LogP contribution is 2.36. The number of benzene rings is 2. The Morgan fingerprint density at radius 1 is 1.21 bits per heavy atom. The maximum atomic E-state index is 12.4. The van der Waals surface area contributed by atoms with Crippen molar-refractivity contribution in [2.24, 2.45) is 0 Å². The maximum absolute atomic E-state index is 12.4. The van der Waals surface area contributed by atoms with Crippen LogP contribution in [0.5, 0.6) is 11.5 Å². The smallest absolute Gasteiger partial charge is 0.251 e. The predicted molar refractivity (Wildman–Crippen MR) is 91.4 cm³/mol. The van der Waals surface area contributed by atoms with E-state index < -0.39 is 5.60 Å². The first-order chi connectivity index (χ1) is 11.7. The summed E-state index contributed by atoms with van der Waals surface area (Å²) in [6, 6.07) is 12.9. The number of nitrogens with one attached hydrogen (secondary N) is 1. The zero-order valence-electron chi connectivity index (χ0n) is 13.0. The van der Waals surface area contributed by atoms with Gasteiger partial charge in [-0.3, -0.25) is 4.79 Å². The van der Waals surface area contributed by atoms with Gasteiger partial charge in [-0.15, -0.1) is 0 Å². The molecule has 2 aromatic rings. The van der Waals surface area contributed by atoms with Crippen LogP contribution < -0.4 is 14.8 Å². The zero-order chi connectivity index (χ0) is 16.6. The Balaban J connectivity index is 1.50. The van der Waals surface area contributed by atoms with Crippen LogP contribution in [-0.2, 0) is 11.4 Å². The van der Waals surface area contributed by atoms with Gasteiger partial charge in [-0.05, 0) is 29.3 Å². The second kappa shape index (κ2) is 6.03. The van der Waals surface area contributed by atoms with Crippen molar-refractivity contribution in [3.63, 3.8) is 0 Å². The summed E-state index contributed by atoms with van der Waals surface area (Å²) in [7, 11) is 0. The van der Waals surface area contributed by atoms with Crippen LogP contribution in [0, 0.1) is 0 Å². The Morgan fingerprint density at radius 3 is 2.96 bits per heavy atom. The monoisotopic (exact) mass is 343 g/mol. The van der Waals surface area contributed by atoms with Crippen LogP contribution in [0.1, 0.15) is 21.5 Å². The molecule has 2 aromatic carbocycles. The molecular formula is C18H17NO4S. The lowest BCUT2D eigenvalue weighted by Gasteiger charge is -2.34. The first-order valence-electron chi connectivity index (χ1n) is 7.72. The number of amides is 1. The Hall–Kier alpha value is -2.18. The van der Waals surface area contributed by atoms with Gasteiger partial charge in [0.05, 0.1) is 6.54 Å².